The molecule has 1 aromatic rings. The number of amides is 1. The van der Waals surface area contributed by atoms with Crippen molar-refractivity contribution in [1.82, 2.24) is 0 Å². The predicted octanol–water partition coefficient (Wildman–Crippen LogP) is 2.05. The van der Waals surface area contributed by atoms with Gasteiger partial charge in [-0.05, 0) is 37.6 Å². The van der Waals surface area contributed by atoms with Gasteiger partial charge in [-0.1, -0.05) is 0 Å². The van der Waals surface area contributed by atoms with Gasteiger partial charge in [-0.2, -0.15) is 0 Å². The van der Waals surface area contributed by atoms with Crippen LogP contribution in [0.15, 0.2) is 24.3 Å². The quantitative estimate of drug-likeness (QED) is 0.796. The van der Waals surface area contributed by atoms with E-state index in [4.69, 9.17) is 10.5 Å². The van der Waals surface area contributed by atoms with E-state index in [1.807, 2.05) is 19.1 Å². The van der Waals surface area contributed by atoms with Gasteiger partial charge in [0.25, 0.3) is 0 Å². The molecular weight excluding hydrogens is 216 g/mol. The van der Waals surface area contributed by atoms with E-state index in [1.54, 1.807) is 31.2 Å². The van der Waals surface area contributed by atoms with Crippen LogP contribution in [0.5, 0.6) is 0 Å². The third kappa shape index (κ3) is 4.07. The molecule has 1 aromatic carbocycles. The SMILES string of the molecule is COC(C)CCC(=O)N(C)c1ccc(N)cc1. The highest BCUT2D eigenvalue weighted by Gasteiger charge is 2.12. The fourth-order valence-corrected chi connectivity index (χ4v) is 1.45. The van der Waals surface area contributed by atoms with E-state index in [0.717, 1.165) is 12.1 Å². The van der Waals surface area contributed by atoms with Crippen LogP contribution in [-0.4, -0.2) is 26.2 Å². The van der Waals surface area contributed by atoms with Gasteiger partial charge in [-0.25, -0.2) is 0 Å². The zero-order valence-corrected chi connectivity index (χ0v) is 10.6. The molecule has 1 unspecified atom stereocenters. The number of benzene rings is 1. The van der Waals surface area contributed by atoms with Crippen molar-refractivity contribution in [3.05, 3.63) is 24.3 Å². The highest BCUT2D eigenvalue weighted by Crippen LogP contribution is 2.16. The normalized spacial score (nSPS) is 12.2. The number of anilines is 2. The van der Waals surface area contributed by atoms with Crippen LogP contribution in [0, 0.1) is 0 Å². The second-order valence-electron chi connectivity index (χ2n) is 4.13. The second kappa shape index (κ2) is 6.25. The molecule has 2 N–H and O–H groups in total. The van der Waals surface area contributed by atoms with Gasteiger partial charge in [-0.15, -0.1) is 0 Å². The summed E-state index contributed by atoms with van der Waals surface area (Å²) in [5.41, 5.74) is 7.15. The molecule has 0 aliphatic carbocycles. The Morgan fingerprint density at radius 2 is 2.00 bits per heavy atom. The van der Waals surface area contributed by atoms with Crippen molar-refractivity contribution in [1.29, 1.82) is 0 Å². The minimum atomic E-state index is 0.0821. The highest BCUT2D eigenvalue weighted by atomic mass is 16.5. The average molecular weight is 236 g/mol. The Morgan fingerprint density at radius 3 is 2.53 bits per heavy atom. The molecule has 1 amide bonds. The number of carbonyl (C=O) groups is 1. The number of methoxy groups -OCH3 is 1. The standard InChI is InChI=1S/C13H20N2O2/c1-10(17-3)4-9-13(16)15(2)12-7-5-11(14)6-8-12/h5-8,10H,4,9,14H2,1-3H3. The summed E-state index contributed by atoms with van der Waals surface area (Å²) in [4.78, 5) is 13.5. The molecule has 1 atom stereocenters. The van der Waals surface area contributed by atoms with E-state index >= 15 is 0 Å². The molecule has 0 radical (unpaired) electrons. The molecule has 0 fully saturated rings. The number of nitrogen functional groups attached to an aromatic ring is 1. The fraction of sp³-hybridized carbons (Fsp3) is 0.462. The van der Waals surface area contributed by atoms with Gasteiger partial charge in [0.05, 0.1) is 6.10 Å². The maximum absolute atomic E-state index is 11.9. The number of carbonyl (C=O) groups excluding carboxylic acids is 1. The Balaban J connectivity index is 2.54. The van der Waals surface area contributed by atoms with Gasteiger partial charge in [0.1, 0.15) is 0 Å². The molecule has 0 heterocycles. The second-order valence-corrected chi connectivity index (χ2v) is 4.13. The van der Waals surface area contributed by atoms with Gasteiger partial charge in [0, 0.05) is 32.0 Å². The van der Waals surface area contributed by atoms with Gasteiger partial charge in [0.2, 0.25) is 5.91 Å². The first-order valence-corrected chi connectivity index (χ1v) is 5.69. The number of hydrogen-bond donors (Lipinski definition) is 1. The van der Waals surface area contributed by atoms with E-state index in [1.165, 1.54) is 0 Å². The molecule has 0 spiro atoms. The first-order valence-electron chi connectivity index (χ1n) is 5.69. The zero-order valence-electron chi connectivity index (χ0n) is 10.6. The molecule has 0 aliphatic heterocycles. The average Bonchev–Trinajstić information content (AvgIpc) is 2.35. The Hall–Kier alpha value is -1.55. The van der Waals surface area contributed by atoms with Gasteiger partial charge >= 0.3 is 0 Å². The first-order chi connectivity index (χ1) is 8.04. The van der Waals surface area contributed by atoms with E-state index in [-0.39, 0.29) is 12.0 Å². The van der Waals surface area contributed by atoms with Crippen molar-refractivity contribution >= 4 is 17.3 Å². The van der Waals surface area contributed by atoms with Gasteiger partial charge < -0.3 is 15.4 Å². The monoisotopic (exact) mass is 236 g/mol. The largest absolute Gasteiger partial charge is 0.399 e. The molecule has 0 bridgehead atoms. The lowest BCUT2D eigenvalue weighted by Crippen LogP contribution is -2.26. The Morgan fingerprint density at radius 1 is 1.41 bits per heavy atom. The van der Waals surface area contributed by atoms with Crippen molar-refractivity contribution in [2.45, 2.75) is 25.9 Å². The number of nitrogens with two attached hydrogens (primary N) is 1. The van der Waals surface area contributed by atoms with Crippen LogP contribution in [0.4, 0.5) is 11.4 Å². The zero-order chi connectivity index (χ0) is 12.8. The highest BCUT2D eigenvalue weighted by molar-refractivity contribution is 5.92. The molecule has 0 saturated heterocycles. The summed E-state index contributed by atoms with van der Waals surface area (Å²) in [6.45, 7) is 1.95. The van der Waals surface area contributed by atoms with Crippen LogP contribution in [0.2, 0.25) is 0 Å². The third-order valence-electron chi connectivity index (χ3n) is 2.82. The van der Waals surface area contributed by atoms with Crippen molar-refractivity contribution in [3.8, 4) is 0 Å². The van der Waals surface area contributed by atoms with Crippen LogP contribution in [0.3, 0.4) is 0 Å². The number of rotatable bonds is 5. The maximum Gasteiger partial charge on any atom is 0.226 e. The molecule has 0 aliphatic rings. The smallest absolute Gasteiger partial charge is 0.226 e. The van der Waals surface area contributed by atoms with Crippen molar-refractivity contribution in [2.24, 2.45) is 0 Å². The summed E-state index contributed by atoms with van der Waals surface area (Å²) in [6.07, 6.45) is 1.32. The lowest BCUT2D eigenvalue weighted by atomic mass is 10.2. The van der Waals surface area contributed by atoms with E-state index in [9.17, 15) is 4.79 Å². The van der Waals surface area contributed by atoms with Crippen LogP contribution < -0.4 is 10.6 Å². The third-order valence-corrected chi connectivity index (χ3v) is 2.82. The van der Waals surface area contributed by atoms with E-state index in [0.29, 0.717) is 12.1 Å². The van der Waals surface area contributed by atoms with Crippen LogP contribution in [0.1, 0.15) is 19.8 Å². The lowest BCUT2D eigenvalue weighted by Gasteiger charge is -2.18. The van der Waals surface area contributed by atoms with E-state index in [2.05, 4.69) is 0 Å². The number of nitrogens with zero attached hydrogens (tertiary/aromatic N) is 1. The van der Waals surface area contributed by atoms with Crippen LogP contribution in [-0.2, 0) is 9.53 Å². The lowest BCUT2D eigenvalue weighted by molar-refractivity contribution is -0.118. The molecule has 4 heteroatoms. The van der Waals surface area contributed by atoms with Crippen molar-refractivity contribution in [3.63, 3.8) is 0 Å². The molecule has 94 valence electrons. The molecule has 4 nitrogen and oxygen atoms in total. The van der Waals surface area contributed by atoms with Crippen LogP contribution in [0.25, 0.3) is 0 Å². The minimum Gasteiger partial charge on any atom is -0.399 e. The summed E-state index contributed by atoms with van der Waals surface area (Å²) in [6, 6.07) is 7.26. The predicted molar refractivity (Wildman–Crippen MR) is 70.0 cm³/mol. The maximum atomic E-state index is 11.9. The summed E-state index contributed by atoms with van der Waals surface area (Å²) >= 11 is 0. The Bertz CT molecular complexity index is 362. The molecule has 17 heavy (non-hydrogen) atoms. The molecule has 1 rings (SSSR count). The summed E-state index contributed by atoms with van der Waals surface area (Å²) in [5.74, 6) is 0.0821. The number of ether oxygens (including phenoxy) is 1. The minimum absolute atomic E-state index is 0.0821. The molecular formula is C13H20N2O2. The topological polar surface area (TPSA) is 55.6 Å². The molecule has 0 aromatic heterocycles. The molecule has 0 saturated carbocycles. The van der Waals surface area contributed by atoms with Gasteiger partial charge in [-0.3, -0.25) is 4.79 Å². The Kier molecular flexibility index (Phi) is 4.97. The summed E-state index contributed by atoms with van der Waals surface area (Å²) < 4.78 is 5.11. The Labute approximate surface area is 102 Å². The fourth-order valence-electron chi connectivity index (χ4n) is 1.45. The summed E-state index contributed by atoms with van der Waals surface area (Å²) in [5, 5.41) is 0. The van der Waals surface area contributed by atoms with Gasteiger partial charge in [0.15, 0.2) is 0 Å². The first kappa shape index (κ1) is 13.5. The van der Waals surface area contributed by atoms with Crippen molar-refractivity contribution < 1.29 is 9.53 Å². The van der Waals surface area contributed by atoms with Crippen molar-refractivity contribution in [2.75, 3.05) is 24.8 Å². The van der Waals surface area contributed by atoms with E-state index < -0.39 is 0 Å². The number of hydrogen-bond acceptors (Lipinski definition) is 3. The van der Waals surface area contributed by atoms with Crippen LogP contribution >= 0.6 is 0 Å². The summed E-state index contributed by atoms with van der Waals surface area (Å²) in [7, 11) is 3.42.